The van der Waals surface area contributed by atoms with Crippen molar-refractivity contribution in [2.45, 2.75) is 33.4 Å². The first-order chi connectivity index (χ1) is 7.13. The first-order valence-corrected chi connectivity index (χ1v) is 4.95. The fourth-order valence-electron chi connectivity index (χ4n) is 0.962. The van der Waals surface area contributed by atoms with Gasteiger partial charge >= 0.3 is 5.97 Å². The second-order valence-corrected chi connectivity index (χ2v) is 3.36. The highest BCUT2D eigenvalue weighted by atomic mass is 16.5. The van der Waals surface area contributed by atoms with Gasteiger partial charge in [0.25, 0.3) is 5.82 Å². The number of nitrogens with one attached hydrogen (secondary N) is 2. The van der Waals surface area contributed by atoms with Crippen molar-refractivity contribution in [3.63, 3.8) is 0 Å². The number of carbonyl (C=O) groups excluding carboxylic acids is 1. The lowest BCUT2D eigenvalue weighted by atomic mass is 10.4. The summed E-state index contributed by atoms with van der Waals surface area (Å²) in [4.78, 5) is 15.2. The van der Waals surface area contributed by atoms with E-state index in [0.29, 0.717) is 25.0 Å². The number of aromatic nitrogens is 3. The molecule has 0 aromatic carbocycles. The van der Waals surface area contributed by atoms with Crippen LogP contribution in [0.15, 0.2) is 0 Å². The number of ether oxygens (including phenoxy) is 1. The molecule has 6 heteroatoms. The molecule has 0 saturated heterocycles. The monoisotopic (exact) mass is 212 g/mol. The minimum absolute atomic E-state index is 0.0809. The number of nitrogens with zero attached hydrogens (tertiary/aromatic N) is 2. The van der Waals surface area contributed by atoms with Crippen molar-refractivity contribution in [2.75, 3.05) is 6.61 Å². The smallest absolute Gasteiger partial charge is 0.378 e. The zero-order valence-electron chi connectivity index (χ0n) is 9.20. The van der Waals surface area contributed by atoms with Crippen LogP contribution in [0.25, 0.3) is 0 Å². The highest BCUT2D eigenvalue weighted by Gasteiger charge is 2.12. The SMILES string of the molecule is CCOC(=O)c1n[nH]c(CNC(C)C)n1. The number of carbonyl (C=O) groups is 1. The molecule has 0 saturated carbocycles. The number of hydrogen-bond donors (Lipinski definition) is 2. The third kappa shape index (κ3) is 3.67. The van der Waals surface area contributed by atoms with E-state index in [1.807, 2.05) is 13.8 Å². The van der Waals surface area contributed by atoms with Gasteiger partial charge in [-0.3, -0.25) is 5.10 Å². The third-order valence-corrected chi connectivity index (χ3v) is 1.67. The van der Waals surface area contributed by atoms with E-state index in [4.69, 9.17) is 4.74 Å². The Balaban J connectivity index is 2.52. The number of H-pyrrole nitrogens is 1. The molecule has 1 aromatic rings. The molecule has 1 rings (SSSR count). The minimum atomic E-state index is -0.496. The van der Waals surface area contributed by atoms with Crippen molar-refractivity contribution in [3.8, 4) is 0 Å². The van der Waals surface area contributed by atoms with Crippen LogP contribution in [0.2, 0.25) is 0 Å². The Morgan fingerprint density at radius 2 is 2.33 bits per heavy atom. The molecule has 0 unspecified atom stereocenters. The summed E-state index contributed by atoms with van der Waals surface area (Å²) in [6.45, 7) is 6.69. The van der Waals surface area contributed by atoms with Crippen molar-refractivity contribution >= 4 is 5.97 Å². The van der Waals surface area contributed by atoms with E-state index in [1.165, 1.54) is 0 Å². The summed E-state index contributed by atoms with van der Waals surface area (Å²) in [6, 6.07) is 0.362. The van der Waals surface area contributed by atoms with Gasteiger partial charge in [-0.1, -0.05) is 13.8 Å². The van der Waals surface area contributed by atoms with E-state index in [2.05, 4.69) is 20.5 Å². The number of hydrogen-bond acceptors (Lipinski definition) is 5. The van der Waals surface area contributed by atoms with Gasteiger partial charge in [0.15, 0.2) is 0 Å². The van der Waals surface area contributed by atoms with E-state index in [1.54, 1.807) is 6.92 Å². The van der Waals surface area contributed by atoms with Crippen molar-refractivity contribution in [1.82, 2.24) is 20.5 Å². The predicted octanol–water partition coefficient (Wildman–Crippen LogP) is 0.479. The molecule has 84 valence electrons. The molecule has 0 aliphatic rings. The summed E-state index contributed by atoms with van der Waals surface area (Å²) in [6.07, 6.45) is 0. The lowest BCUT2D eigenvalue weighted by molar-refractivity contribution is 0.0512. The van der Waals surface area contributed by atoms with Crippen LogP contribution in [0.4, 0.5) is 0 Å². The molecule has 1 heterocycles. The predicted molar refractivity (Wildman–Crippen MR) is 54.3 cm³/mol. The molecular weight excluding hydrogens is 196 g/mol. The zero-order chi connectivity index (χ0) is 11.3. The lowest BCUT2D eigenvalue weighted by Gasteiger charge is -2.03. The molecule has 2 N–H and O–H groups in total. The van der Waals surface area contributed by atoms with Crippen LogP contribution in [0.5, 0.6) is 0 Å². The van der Waals surface area contributed by atoms with Crippen molar-refractivity contribution in [3.05, 3.63) is 11.6 Å². The van der Waals surface area contributed by atoms with E-state index < -0.39 is 5.97 Å². The molecule has 0 atom stereocenters. The maximum Gasteiger partial charge on any atom is 0.378 e. The zero-order valence-corrected chi connectivity index (χ0v) is 9.20. The van der Waals surface area contributed by atoms with Crippen LogP contribution < -0.4 is 5.32 Å². The average molecular weight is 212 g/mol. The highest BCUT2D eigenvalue weighted by molar-refractivity contribution is 5.84. The topological polar surface area (TPSA) is 79.9 Å². The van der Waals surface area contributed by atoms with Crippen molar-refractivity contribution in [2.24, 2.45) is 0 Å². The van der Waals surface area contributed by atoms with Crippen LogP contribution in [0, 0.1) is 0 Å². The van der Waals surface area contributed by atoms with Gasteiger partial charge in [-0.25, -0.2) is 9.78 Å². The molecular formula is C9H16N4O2. The highest BCUT2D eigenvalue weighted by Crippen LogP contribution is 1.96. The molecule has 0 aliphatic carbocycles. The van der Waals surface area contributed by atoms with Gasteiger partial charge in [0, 0.05) is 6.04 Å². The Hall–Kier alpha value is -1.43. The van der Waals surface area contributed by atoms with Crippen molar-refractivity contribution < 1.29 is 9.53 Å². The summed E-state index contributed by atoms with van der Waals surface area (Å²) in [5.41, 5.74) is 0. The molecule has 0 spiro atoms. The van der Waals surface area contributed by atoms with Crippen LogP contribution in [0.1, 0.15) is 37.2 Å². The van der Waals surface area contributed by atoms with Gasteiger partial charge in [0.2, 0.25) is 0 Å². The minimum Gasteiger partial charge on any atom is -0.460 e. The van der Waals surface area contributed by atoms with Gasteiger partial charge < -0.3 is 10.1 Å². The number of rotatable bonds is 5. The Morgan fingerprint density at radius 3 is 2.93 bits per heavy atom. The average Bonchev–Trinajstić information content (AvgIpc) is 2.63. The van der Waals surface area contributed by atoms with Crippen LogP contribution in [-0.4, -0.2) is 33.8 Å². The van der Waals surface area contributed by atoms with Crippen LogP contribution in [-0.2, 0) is 11.3 Å². The summed E-state index contributed by atoms with van der Waals surface area (Å²) in [5, 5.41) is 9.60. The molecule has 0 amide bonds. The van der Waals surface area contributed by atoms with Crippen LogP contribution in [0.3, 0.4) is 0 Å². The van der Waals surface area contributed by atoms with Gasteiger partial charge in [0.05, 0.1) is 13.2 Å². The Morgan fingerprint density at radius 1 is 1.60 bits per heavy atom. The standard InChI is InChI=1S/C9H16N4O2/c1-4-15-9(14)8-11-7(12-13-8)5-10-6(2)3/h6,10H,4-5H2,1-3H3,(H,11,12,13). The van der Waals surface area contributed by atoms with E-state index >= 15 is 0 Å². The second kappa shape index (κ2) is 5.45. The quantitative estimate of drug-likeness (QED) is 0.694. The molecule has 0 bridgehead atoms. The largest absolute Gasteiger partial charge is 0.460 e. The molecule has 15 heavy (non-hydrogen) atoms. The van der Waals surface area contributed by atoms with Gasteiger partial charge in [0.1, 0.15) is 5.82 Å². The molecule has 1 aromatic heterocycles. The van der Waals surface area contributed by atoms with Crippen LogP contribution >= 0.6 is 0 Å². The van der Waals surface area contributed by atoms with Gasteiger partial charge in [-0.15, -0.1) is 5.10 Å². The molecule has 0 aliphatic heterocycles. The summed E-state index contributed by atoms with van der Waals surface area (Å²) in [5.74, 6) is 0.216. The lowest BCUT2D eigenvalue weighted by Crippen LogP contribution is -2.22. The fourth-order valence-corrected chi connectivity index (χ4v) is 0.962. The van der Waals surface area contributed by atoms with E-state index in [9.17, 15) is 4.79 Å². The summed E-state index contributed by atoms with van der Waals surface area (Å²) in [7, 11) is 0. The molecule has 6 nitrogen and oxygen atoms in total. The van der Waals surface area contributed by atoms with E-state index in [-0.39, 0.29) is 5.82 Å². The van der Waals surface area contributed by atoms with E-state index in [0.717, 1.165) is 0 Å². The normalized spacial score (nSPS) is 10.7. The maximum absolute atomic E-state index is 11.2. The summed E-state index contributed by atoms with van der Waals surface area (Å²) >= 11 is 0. The number of esters is 1. The first kappa shape index (κ1) is 11.6. The van der Waals surface area contributed by atoms with Gasteiger partial charge in [-0.05, 0) is 6.92 Å². The molecule has 0 fully saturated rings. The number of aromatic amines is 1. The summed E-state index contributed by atoms with van der Waals surface area (Å²) < 4.78 is 4.76. The third-order valence-electron chi connectivity index (χ3n) is 1.67. The second-order valence-electron chi connectivity index (χ2n) is 3.36. The maximum atomic E-state index is 11.2. The van der Waals surface area contributed by atoms with Gasteiger partial charge in [-0.2, -0.15) is 0 Å². The Bertz CT molecular complexity index is 322. The van der Waals surface area contributed by atoms with Crippen molar-refractivity contribution in [1.29, 1.82) is 0 Å². The fraction of sp³-hybridized carbons (Fsp3) is 0.667. The molecule has 0 radical (unpaired) electrons. The Labute approximate surface area is 88.4 Å². The first-order valence-electron chi connectivity index (χ1n) is 4.95. The Kier molecular flexibility index (Phi) is 4.23.